The van der Waals surface area contributed by atoms with Crippen molar-refractivity contribution >= 4 is 23.1 Å². The number of benzene rings is 1. The molecular formula is C13H14ClN3O. The van der Waals surface area contributed by atoms with E-state index in [2.05, 4.69) is 15.3 Å². The third kappa shape index (κ3) is 2.71. The molecule has 1 aromatic heterocycles. The van der Waals surface area contributed by atoms with Crippen molar-refractivity contribution in [2.75, 3.05) is 12.4 Å². The van der Waals surface area contributed by atoms with Gasteiger partial charge in [-0.1, -0.05) is 17.7 Å². The van der Waals surface area contributed by atoms with Gasteiger partial charge in [0, 0.05) is 11.8 Å². The molecule has 2 rings (SSSR count). The number of ether oxygens (including phenoxy) is 1. The van der Waals surface area contributed by atoms with E-state index in [1.54, 1.807) is 7.11 Å². The second-order valence-electron chi connectivity index (χ2n) is 3.89. The van der Waals surface area contributed by atoms with E-state index in [0.29, 0.717) is 11.0 Å². The lowest BCUT2D eigenvalue weighted by Crippen LogP contribution is -2.00. The molecule has 1 N–H and O–H groups in total. The fourth-order valence-electron chi connectivity index (χ4n) is 1.49. The maximum atomic E-state index is 6.06. The minimum absolute atomic E-state index is 0.362. The molecule has 94 valence electrons. The highest BCUT2D eigenvalue weighted by Crippen LogP contribution is 2.24. The lowest BCUT2D eigenvalue weighted by atomic mass is 10.3. The van der Waals surface area contributed by atoms with Gasteiger partial charge in [0.2, 0.25) is 0 Å². The molecule has 1 aromatic carbocycles. The van der Waals surface area contributed by atoms with Crippen LogP contribution in [0, 0.1) is 13.8 Å². The van der Waals surface area contributed by atoms with E-state index in [4.69, 9.17) is 16.3 Å². The topological polar surface area (TPSA) is 47.0 Å². The number of methoxy groups -OCH3 is 1. The lowest BCUT2D eigenvalue weighted by molar-refractivity contribution is 0.415. The average Bonchev–Trinajstić information content (AvgIpc) is 2.36. The second-order valence-corrected chi connectivity index (χ2v) is 4.25. The van der Waals surface area contributed by atoms with Gasteiger partial charge in [-0.25, -0.2) is 9.97 Å². The summed E-state index contributed by atoms with van der Waals surface area (Å²) in [5.41, 5.74) is 2.54. The first-order chi connectivity index (χ1) is 8.60. The second kappa shape index (κ2) is 5.23. The van der Waals surface area contributed by atoms with Crippen molar-refractivity contribution < 1.29 is 4.74 Å². The number of aromatic nitrogens is 2. The summed E-state index contributed by atoms with van der Waals surface area (Å²) in [4.78, 5) is 8.60. The Morgan fingerprint density at radius 1 is 1.17 bits per heavy atom. The molecule has 1 heterocycles. The highest BCUT2D eigenvalue weighted by atomic mass is 35.5. The van der Waals surface area contributed by atoms with Crippen LogP contribution in [0.3, 0.4) is 0 Å². The molecule has 5 heteroatoms. The maximum absolute atomic E-state index is 6.06. The summed E-state index contributed by atoms with van der Waals surface area (Å²) in [7, 11) is 1.63. The molecule has 0 saturated heterocycles. The van der Waals surface area contributed by atoms with E-state index in [9.17, 15) is 0 Å². The molecule has 0 aliphatic carbocycles. The highest BCUT2D eigenvalue weighted by molar-refractivity contribution is 6.31. The van der Waals surface area contributed by atoms with Crippen LogP contribution in [0.25, 0.3) is 0 Å². The standard InChI is InChI=1S/C13H14ClN3O/c1-8-9(2)16-13(12(14)15-8)17-10-5-4-6-11(7-10)18-3/h4-7H,1-3H3,(H,16,17). The first kappa shape index (κ1) is 12.6. The summed E-state index contributed by atoms with van der Waals surface area (Å²) in [6.45, 7) is 3.78. The number of halogens is 1. The van der Waals surface area contributed by atoms with Crippen LogP contribution in [-0.2, 0) is 0 Å². The van der Waals surface area contributed by atoms with Crippen molar-refractivity contribution in [3.8, 4) is 5.75 Å². The van der Waals surface area contributed by atoms with Crippen LogP contribution in [0.1, 0.15) is 11.4 Å². The molecule has 18 heavy (non-hydrogen) atoms. The summed E-state index contributed by atoms with van der Waals surface area (Å²) < 4.78 is 5.16. The Hall–Kier alpha value is -1.81. The number of anilines is 2. The monoisotopic (exact) mass is 263 g/mol. The number of hydrogen-bond acceptors (Lipinski definition) is 4. The summed E-state index contributed by atoms with van der Waals surface area (Å²) in [6.07, 6.45) is 0. The Labute approximate surface area is 111 Å². The molecule has 2 aromatic rings. The molecular weight excluding hydrogens is 250 g/mol. The van der Waals surface area contributed by atoms with Crippen molar-refractivity contribution in [2.24, 2.45) is 0 Å². The summed E-state index contributed by atoms with van der Waals surface area (Å²) in [6, 6.07) is 7.55. The minimum atomic E-state index is 0.362. The summed E-state index contributed by atoms with van der Waals surface area (Å²) >= 11 is 6.06. The molecule has 0 bridgehead atoms. The molecule has 0 fully saturated rings. The first-order valence-corrected chi connectivity index (χ1v) is 5.90. The summed E-state index contributed by atoms with van der Waals surface area (Å²) in [5, 5.41) is 3.49. The molecule has 0 aliphatic heterocycles. The number of rotatable bonds is 3. The van der Waals surface area contributed by atoms with E-state index >= 15 is 0 Å². The van der Waals surface area contributed by atoms with Gasteiger partial charge in [0.05, 0.1) is 18.5 Å². The SMILES string of the molecule is COc1cccc(Nc2nc(C)c(C)nc2Cl)c1. The van der Waals surface area contributed by atoms with Gasteiger partial charge in [-0.15, -0.1) is 0 Å². The molecule has 0 saturated carbocycles. The molecule has 0 atom stereocenters. The fourth-order valence-corrected chi connectivity index (χ4v) is 1.71. The van der Waals surface area contributed by atoms with Crippen LogP contribution < -0.4 is 10.1 Å². The van der Waals surface area contributed by atoms with Crippen LogP contribution in [0.15, 0.2) is 24.3 Å². The zero-order valence-electron chi connectivity index (χ0n) is 10.5. The predicted molar refractivity (Wildman–Crippen MR) is 72.8 cm³/mol. The highest BCUT2D eigenvalue weighted by Gasteiger charge is 2.07. The van der Waals surface area contributed by atoms with Crippen molar-refractivity contribution in [3.05, 3.63) is 40.8 Å². The first-order valence-electron chi connectivity index (χ1n) is 5.52. The van der Waals surface area contributed by atoms with E-state index in [0.717, 1.165) is 22.8 Å². The molecule has 0 unspecified atom stereocenters. The molecule has 0 amide bonds. The molecule has 0 spiro atoms. The average molecular weight is 264 g/mol. The van der Waals surface area contributed by atoms with E-state index in [1.807, 2.05) is 38.1 Å². The molecule has 0 radical (unpaired) electrons. The van der Waals surface area contributed by atoms with Crippen molar-refractivity contribution in [1.82, 2.24) is 9.97 Å². The smallest absolute Gasteiger partial charge is 0.172 e. The van der Waals surface area contributed by atoms with Crippen molar-refractivity contribution in [3.63, 3.8) is 0 Å². The van der Waals surface area contributed by atoms with Gasteiger partial charge in [-0.05, 0) is 26.0 Å². The van der Waals surface area contributed by atoms with Gasteiger partial charge in [-0.3, -0.25) is 0 Å². The fraction of sp³-hybridized carbons (Fsp3) is 0.231. The zero-order valence-corrected chi connectivity index (χ0v) is 11.2. The normalized spacial score (nSPS) is 10.2. The lowest BCUT2D eigenvalue weighted by Gasteiger charge is -2.10. The van der Waals surface area contributed by atoms with Crippen molar-refractivity contribution in [2.45, 2.75) is 13.8 Å². The van der Waals surface area contributed by atoms with Gasteiger partial charge in [-0.2, -0.15) is 0 Å². The number of hydrogen-bond donors (Lipinski definition) is 1. The van der Waals surface area contributed by atoms with Crippen LogP contribution in [0.5, 0.6) is 5.75 Å². The third-order valence-electron chi connectivity index (χ3n) is 2.60. The number of aryl methyl sites for hydroxylation is 2. The Kier molecular flexibility index (Phi) is 3.67. The van der Waals surface area contributed by atoms with Crippen LogP contribution in [0.2, 0.25) is 5.15 Å². The van der Waals surface area contributed by atoms with Gasteiger partial charge in [0.25, 0.3) is 0 Å². The van der Waals surface area contributed by atoms with Gasteiger partial charge in [0.1, 0.15) is 5.75 Å². The molecule has 4 nitrogen and oxygen atoms in total. The van der Waals surface area contributed by atoms with Crippen LogP contribution in [0.4, 0.5) is 11.5 Å². The number of nitrogens with one attached hydrogen (secondary N) is 1. The maximum Gasteiger partial charge on any atom is 0.172 e. The Bertz CT molecular complexity index is 572. The Morgan fingerprint density at radius 2 is 1.89 bits per heavy atom. The Morgan fingerprint density at radius 3 is 2.61 bits per heavy atom. The van der Waals surface area contributed by atoms with Crippen LogP contribution in [-0.4, -0.2) is 17.1 Å². The Balaban J connectivity index is 2.30. The van der Waals surface area contributed by atoms with Gasteiger partial charge in [0.15, 0.2) is 11.0 Å². The van der Waals surface area contributed by atoms with Gasteiger partial charge < -0.3 is 10.1 Å². The molecule has 0 aliphatic rings. The largest absolute Gasteiger partial charge is 0.497 e. The quantitative estimate of drug-likeness (QED) is 0.921. The zero-order chi connectivity index (χ0) is 13.1. The van der Waals surface area contributed by atoms with Crippen LogP contribution >= 0.6 is 11.6 Å². The summed E-state index contributed by atoms with van der Waals surface area (Å²) in [5.74, 6) is 1.32. The van der Waals surface area contributed by atoms with E-state index in [1.165, 1.54) is 0 Å². The number of nitrogens with zero attached hydrogens (tertiary/aromatic N) is 2. The van der Waals surface area contributed by atoms with E-state index < -0.39 is 0 Å². The third-order valence-corrected chi connectivity index (χ3v) is 2.86. The van der Waals surface area contributed by atoms with Crippen molar-refractivity contribution in [1.29, 1.82) is 0 Å². The van der Waals surface area contributed by atoms with E-state index in [-0.39, 0.29) is 0 Å². The van der Waals surface area contributed by atoms with Gasteiger partial charge >= 0.3 is 0 Å². The predicted octanol–water partition coefficient (Wildman–Crippen LogP) is 3.50. The minimum Gasteiger partial charge on any atom is -0.497 e.